The zero-order valence-corrected chi connectivity index (χ0v) is 26.4. The van der Waals surface area contributed by atoms with E-state index in [9.17, 15) is 14.4 Å². The van der Waals surface area contributed by atoms with Crippen molar-refractivity contribution in [1.82, 2.24) is 4.90 Å². The van der Waals surface area contributed by atoms with Crippen LogP contribution in [0.5, 0.6) is 5.75 Å². The summed E-state index contributed by atoms with van der Waals surface area (Å²) in [7, 11) is 0. The number of thiophene rings is 1. The Kier molecular flexibility index (Phi) is 11.4. The molecule has 0 spiro atoms. The van der Waals surface area contributed by atoms with E-state index in [1.165, 1.54) is 42.4 Å². The molecule has 1 aromatic carbocycles. The molecule has 1 saturated heterocycles. The number of carbonyl (C=O) groups excluding carboxylic acids is 3. The lowest BCUT2D eigenvalue weighted by Crippen LogP contribution is -2.29. The van der Waals surface area contributed by atoms with Gasteiger partial charge >= 0.3 is 5.97 Å². The minimum Gasteiger partial charge on any atom is -0.490 e. The molecule has 220 valence electrons. The van der Waals surface area contributed by atoms with E-state index in [2.05, 4.69) is 5.32 Å². The Morgan fingerprint density at radius 3 is 2.54 bits per heavy atom. The van der Waals surface area contributed by atoms with Crippen molar-refractivity contribution in [3.05, 3.63) is 50.7 Å². The average molecular weight is 615 g/mol. The van der Waals surface area contributed by atoms with E-state index in [0.29, 0.717) is 45.3 Å². The van der Waals surface area contributed by atoms with Crippen LogP contribution < -0.4 is 10.1 Å². The molecule has 1 aromatic heterocycles. The summed E-state index contributed by atoms with van der Waals surface area (Å²) in [5, 5.41) is 3.43. The second-order valence-electron chi connectivity index (χ2n) is 10.3. The molecule has 1 saturated carbocycles. The number of hydrogen-bond acceptors (Lipinski definition) is 8. The predicted octanol–water partition coefficient (Wildman–Crippen LogP) is 7.65. The minimum absolute atomic E-state index is 0.0739. The smallest absolute Gasteiger partial charge is 0.341 e. The Hall–Kier alpha value is -2.69. The van der Waals surface area contributed by atoms with E-state index < -0.39 is 5.97 Å². The van der Waals surface area contributed by atoms with E-state index in [0.717, 1.165) is 47.4 Å². The second-order valence-corrected chi connectivity index (χ2v) is 13.2. The number of thioether (sulfide) groups is 1. The van der Waals surface area contributed by atoms with Gasteiger partial charge in [0.25, 0.3) is 5.91 Å². The number of benzene rings is 1. The van der Waals surface area contributed by atoms with Crippen molar-refractivity contribution < 1.29 is 23.9 Å². The lowest BCUT2D eigenvalue weighted by molar-refractivity contribution is -0.122. The number of rotatable bonds is 12. The van der Waals surface area contributed by atoms with Crippen LogP contribution in [0.25, 0.3) is 6.08 Å². The molecule has 0 unspecified atom stereocenters. The third-order valence-electron chi connectivity index (χ3n) is 7.31. The van der Waals surface area contributed by atoms with Gasteiger partial charge in [0.05, 0.1) is 23.2 Å². The molecule has 0 radical (unpaired) electrons. The molecule has 2 aromatic rings. The van der Waals surface area contributed by atoms with E-state index >= 15 is 0 Å². The van der Waals surface area contributed by atoms with Crippen molar-refractivity contribution in [3.8, 4) is 5.75 Å². The van der Waals surface area contributed by atoms with Crippen molar-refractivity contribution in [2.45, 2.75) is 84.7 Å². The van der Waals surface area contributed by atoms with Gasteiger partial charge in [-0.25, -0.2) is 4.79 Å². The number of nitrogens with one attached hydrogen (secondary N) is 1. The average Bonchev–Trinajstić information content (AvgIpc) is 3.38. The molecule has 2 aliphatic rings. The molecule has 2 amide bonds. The minimum atomic E-state index is -0.414. The largest absolute Gasteiger partial charge is 0.490 e. The first-order valence-corrected chi connectivity index (χ1v) is 16.4. The van der Waals surface area contributed by atoms with Crippen molar-refractivity contribution >= 4 is 68.5 Å². The normalized spacial score (nSPS) is 16.9. The van der Waals surface area contributed by atoms with Gasteiger partial charge in [0.2, 0.25) is 5.91 Å². The summed E-state index contributed by atoms with van der Waals surface area (Å²) in [6.45, 7) is 6.34. The van der Waals surface area contributed by atoms with Crippen LogP contribution in [0, 0.1) is 13.8 Å². The van der Waals surface area contributed by atoms with E-state index in [-0.39, 0.29) is 18.4 Å². The van der Waals surface area contributed by atoms with Crippen molar-refractivity contribution in [1.29, 1.82) is 0 Å². The first kappa shape index (κ1) is 31.3. The highest BCUT2D eigenvalue weighted by Crippen LogP contribution is 2.34. The number of nitrogens with zero attached hydrogens (tertiary/aromatic N) is 1. The van der Waals surface area contributed by atoms with Gasteiger partial charge in [0.15, 0.2) is 0 Å². The van der Waals surface area contributed by atoms with E-state index in [4.69, 9.17) is 21.7 Å². The third-order valence-corrected chi connectivity index (χ3v) is 9.81. The zero-order valence-electron chi connectivity index (χ0n) is 24.0. The van der Waals surface area contributed by atoms with Gasteiger partial charge in [-0.05, 0) is 88.6 Å². The molecular formula is C31H38N2O5S3. The number of esters is 1. The Morgan fingerprint density at radius 2 is 1.83 bits per heavy atom. The molecule has 0 atom stereocenters. The van der Waals surface area contributed by atoms with Crippen LogP contribution in [0.4, 0.5) is 5.00 Å². The number of ether oxygens (including phenoxy) is 2. The maximum Gasteiger partial charge on any atom is 0.341 e. The maximum absolute atomic E-state index is 13.0. The molecule has 7 nitrogen and oxygen atoms in total. The molecule has 0 bridgehead atoms. The number of hydrogen-bond donors (Lipinski definition) is 1. The molecule has 4 rings (SSSR count). The molecule has 1 aliphatic heterocycles. The third kappa shape index (κ3) is 8.42. The monoisotopic (exact) mass is 614 g/mol. The van der Waals surface area contributed by atoms with Crippen LogP contribution in [0.2, 0.25) is 0 Å². The molecule has 1 N–H and O–H groups in total. The van der Waals surface area contributed by atoms with Gasteiger partial charge in [-0.15, -0.1) is 11.3 Å². The summed E-state index contributed by atoms with van der Waals surface area (Å²) in [5.41, 5.74) is 2.21. The lowest BCUT2D eigenvalue weighted by atomic mass is 9.98. The van der Waals surface area contributed by atoms with Gasteiger partial charge in [-0.3, -0.25) is 14.5 Å². The van der Waals surface area contributed by atoms with E-state index in [1.807, 2.05) is 44.2 Å². The molecule has 10 heteroatoms. The number of amides is 2. The summed E-state index contributed by atoms with van der Waals surface area (Å²) < 4.78 is 11.8. The number of thiocarbonyl (C=S) groups is 1. The van der Waals surface area contributed by atoms with Gasteiger partial charge in [-0.2, -0.15) is 0 Å². The first-order chi connectivity index (χ1) is 19.8. The van der Waals surface area contributed by atoms with Crippen LogP contribution in [0.15, 0.2) is 29.2 Å². The standard InChI is InChI=1S/C31H38N2O5S3/c1-4-37-30(36)27-20(2)21(3)40-28(27)32-26(34)13-9-6-10-18-33-29(35)25(41-31(33)39)19-22-14-16-24(17-15-22)38-23-11-7-5-8-12-23/h14-17,19,23H,4-13,18H2,1-3H3,(H,32,34)/b25-19-. The predicted molar refractivity (Wildman–Crippen MR) is 171 cm³/mol. The van der Waals surface area contributed by atoms with Crippen molar-refractivity contribution in [2.24, 2.45) is 0 Å². The topological polar surface area (TPSA) is 84.9 Å². The van der Waals surface area contributed by atoms with Gasteiger partial charge in [0, 0.05) is 17.8 Å². The molecule has 1 aliphatic carbocycles. The van der Waals surface area contributed by atoms with Gasteiger partial charge in [-0.1, -0.05) is 49.0 Å². The highest BCUT2D eigenvalue weighted by atomic mass is 32.2. The fourth-order valence-corrected chi connectivity index (χ4v) is 7.32. The zero-order chi connectivity index (χ0) is 29.4. The highest BCUT2D eigenvalue weighted by molar-refractivity contribution is 8.26. The molecular weight excluding hydrogens is 577 g/mol. The summed E-state index contributed by atoms with van der Waals surface area (Å²) in [6.07, 6.45) is 10.7. The number of anilines is 1. The van der Waals surface area contributed by atoms with Crippen molar-refractivity contribution in [3.63, 3.8) is 0 Å². The Morgan fingerprint density at radius 1 is 1.10 bits per heavy atom. The summed E-state index contributed by atoms with van der Waals surface area (Å²) in [6, 6.07) is 7.89. The lowest BCUT2D eigenvalue weighted by Gasteiger charge is -2.22. The molecule has 2 fully saturated rings. The van der Waals surface area contributed by atoms with Crippen molar-refractivity contribution in [2.75, 3.05) is 18.5 Å². The summed E-state index contributed by atoms with van der Waals surface area (Å²) >= 11 is 8.20. The van der Waals surface area contributed by atoms with Gasteiger partial charge in [0.1, 0.15) is 15.1 Å². The Labute approximate surface area is 256 Å². The van der Waals surface area contributed by atoms with Crippen LogP contribution in [0.3, 0.4) is 0 Å². The number of unbranched alkanes of at least 4 members (excludes halogenated alkanes) is 2. The van der Waals surface area contributed by atoms with Gasteiger partial charge < -0.3 is 14.8 Å². The number of aryl methyl sites for hydroxylation is 1. The first-order valence-electron chi connectivity index (χ1n) is 14.4. The Bertz CT molecular complexity index is 1300. The van der Waals surface area contributed by atoms with Crippen LogP contribution in [-0.2, 0) is 14.3 Å². The molecule has 41 heavy (non-hydrogen) atoms. The number of carbonyl (C=O) groups is 3. The SMILES string of the molecule is CCOC(=O)c1c(NC(=O)CCCCCN2C(=O)/C(=C/c3ccc(OC4CCCCC4)cc3)SC2=S)sc(C)c1C. The second kappa shape index (κ2) is 15.0. The van der Waals surface area contributed by atoms with Crippen LogP contribution in [-0.4, -0.2) is 46.3 Å². The van der Waals surface area contributed by atoms with Crippen LogP contribution >= 0.6 is 35.3 Å². The Balaban J connectivity index is 1.21. The van der Waals surface area contributed by atoms with Crippen LogP contribution in [0.1, 0.15) is 91.1 Å². The maximum atomic E-state index is 13.0. The fraction of sp³-hybridized carbons (Fsp3) is 0.484. The molecule has 2 heterocycles. The van der Waals surface area contributed by atoms with E-state index in [1.54, 1.807) is 11.8 Å². The quantitative estimate of drug-likeness (QED) is 0.114. The highest BCUT2D eigenvalue weighted by Gasteiger charge is 2.31. The summed E-state index contributed by atoms with van der Waals surface area (Å²) in [5.74, 6) is 0.244. The fourth-order valence-electron chi connectivity index (χ4n) is 4.95. The summed E-state index contributed by atoms with van der Waals surface area (Å²) in [4.78, 5) is 41.2.